The van der Waals surface area contributed by atoms with Gasteiger partial charge in [0.25, 0.3) is 0 Å². The molecule has 0 aliphatic heterocycles. The van der Waals surface area contributed by atoms with Crippen LogP contribution in [0.5, 0.6) is 0 Å². The Morgan fingerprint density at radius 3 is 2.58 bits per heavy atom. The maximum absolute atomic E-state index is 11.9. The van der Waals surface area contributed by atoms with E-state index in [1.807, 2.05) is 30.3 Å². The van der Waals surface area contributed by atoms with Crippen LogP contribution >= 0.6 is 11.3 Å². The van der Waals surface area contributed by atoms with Gasteiger partial charge in [0, 0.05) is 35.5 Å². The molecule has 1 amide bonds. The maximum Gasteiger partial charge on any atom is 0.244 e. The largest absolute Gasteiger partial charge is 0.353 e. The van der Waals surface area contributed by atoms with E-state index >= 15 is 0 Å². The fourth-order valence-electron chi connectivity index (χ4n) is 2.44. The zero-order chi connectivity index (χ0) is 19.0. The third kappa shape index (κ3) is 6.40. The number of hydrogen-bond donors (Lipinski definition) is 1. The number of nitrogens with one attached hydrogen (secondary N) is 1. The van der Waals surface area contributed by atoms with Gasteiger partial charge in [0.05, 0.1) is 6.26 Å². The molecule has 0 fully saturated rings. The van der Waals surface area contributed by atoms with Crippen molar-refractivity contribution in [3.05, 3.63) is 53.4 Å². The lowest BCUT2D eigenvalue weighted by Crippen LogP contribution is -2.33. The molecule has 0 aliphatic carbocycles. The second-order valence-electron chi connectivity index (χ2n) is 5.80. The minimum Gasteiger partial charge on any atom is -0.353 e. The topological polar surface area (TPSA) is 66.5 Å². The van der Waals surface area contributed by atoms with Crippen LogP contribution in [0, 0.1) is 0 Å². The minimum absolute atomic E-state index is 0.179. The van der Waals surface area contributed by atoms with E-state index in [2.05, 4.69) is 17.4 Å². The van der Waals surface area contributed by atoms with Gasteiger partial charge in [-0.25, -0.2) is 12.7 Å². The Morgan fingerprint density at radius 1 is 1.19 bits per heavy atom. The van der Waals surface area contributed by atoms with Gasteiger partial charge in [-0.05, 0) is 30.2 Å². The highest BCUT2D eigenvalue weighted by molar-refractivity contribution is 7.88. The van der Waals surface area contributed by atoms with E-state index in [0.717, 1.165) is 15.3 Å². The predicted molar refractivity (Wildman–Crippen MR) is 109 cm³/mol. The summed E-state index contributed by atoms with van der Waals surface area (Å²) in [5.74, 6) is -0.179. The number of rotatable bonds is 9. The summed E-state index contributed by atoms with van der Waals surface area (Å²) in [5, 5.41) is 2.78. The molecular formula is C19H24N2O3S2. The average molecular weight is 393 g/mol. The Labute approximate surface area is 159 Å². The third-order valence-corrected chi connectivity index (χ3v) is 6.27. The van der Waals surface area contributed by atoms with Gasteiger partial charge in [-0.3, -0.25) is 4.79 Å². The van der Waals surface area contributed by atoms with E-state index in [4.69, 9.17) is 0 Å². The number of thiophene rings is 1. The summed E-state index contributed by atoms with van der Waals surface area (Å²) < 4.78 is 24.4. The molecule has 7 heteroatoms. The number of sulfonamides is 1. The highest BCUT2D eigenvalue weighted by Gasteiger charge is 2.13. The highest BCUT2D eigenvalue weighted by Crippen LogP contribution is 2.28. The van der Waals surface area contributed by atoms with Crippen LogP contribution in [0.1, 0.15) is 18.2 Å². The fraction of sp³-hybridized carbons (Fsp3) is 0.316. The number of carbonyl (C=O) groups excluding carboxylic acids is 1. The summed E-state index contributed by atoms with van der Waals surface area (Å²) in [6, 6.07) is 14.1. The Morgan fingerprint density at radius 2 is 1.92 bits per heavy atom. The van der Waals surface area contributed by atoms with Crippen molar-refractivity contribution >= 4 is 33.3 Å². The fourth-order valence-corrected chi connectivity index (χ4v) is 4.29. The first-order chi connectivity index (χ1) is 12.4. The Bertz CT molecular complexity index is 843. The first-order valence-electron chi connectivity index (χ1n) is 8.46. The van der Waals surface area contributed by atoms with E-state index in [-0.39, 0.29) is 5.91 Å². The first-order valence-corrected chi connectivity index (χ1v) is 11.1. The van der Waals surface area contributed by atoms with E-state index in [1.54, 1.807) is 24.3 Å². The average Bonchev–Trinajstić information content (AvgIpc) is 3.08. The Kier molecular flexibility index (Phi) is 7.56. The van der Waals surface area contributed by atoms with Crippen LogP contribution in [0.25, 0.3) is 16.5 Å². The molecule has 2 rings (SSSR count). The minimum atomic E-state index is -3.17. The molecule has 0 unspecified atom stereocenters. The van der Waals surface area contributed by atoms with Crippen LogP contribution in [0.3, 0.4) is 0 Å². The van der Waals surface area contributed by atoms with Gasteiger partial charge < -0.3 is 5.32 Å². The summed E-state index contributed by atoms with van der Waals surface area (Å²) in [5.41, 5.74) is 1.16. The van der Waals surface area contributed by atoms with Gasteiger partial charge in [0.1, 0.15) is 0 Å². The van der Waals surface area contributed by atoms with Gasteiger partial charge in [0.2, 0.25) is 15.9 Å². The molecule has 26 heavy (non-hydrogen) atoms. The standard InChI is InChI=1S/C19H24N2O3S2/c1-3-21(26(2,23)24)15-7-14-20-19(22)13-11-17-10-12-18(25-17)16-8-5-4-6-9-16/h4-6,8-13H,3,7,14-15H2,1-2H3,(H,20,22)/b13-11+. The quantitative estimate of drug-likeness (QED) is 0.526. The molecule has 1 aromatic heterocycles. The molecule has 0 saturated heterocycles. The van der Waals surface area contributed by atoms with E-state index in [9.17, 15) is 13.2 Å². The molecule has 2 aromatic rings. The lowest BCUT2D eigenvalue weighted by Gasteiger charge is -2.17. The van der Waals surface area contributed by atoms with Crippen molar-refractivity contribution in [2.24, 2.45) is 0 Å². The number of hydrogen-bond acceptors (Lipinski definition) is 4. The summed E-state index contributed by atoms with van der Waals surface area (Å²) in [4.78, 5) is 14.0. The smallest absolute Gasteiger partial charge is 0.244 e. The lowest BCUT2D eigenvalue weighted by atomic mass is 10.2. The summed E-state index contributed by atoms with van der Waals surface area (Å²) in [7, 11) is -3.17. The van der Waals surface area contributed by atoms with Crippen LogP contribution in [-0.4, -0.2) is 44.5 Å². The zero-order valence-electron chi connectivity index (χ0n) is 15.0. The molecule has 0 atom stereocenters. The summed E-state index contributed by atoms with van der Waals surface area (Å²) >= 11 is 1.63. The van der Waals surface area contributed by atoms with Crippen LogP contribution in [0.15, 0.2) is 48.5 Å². The maximum atomic E-state index is 11.9. The number of carbonyl (C=O) groups is 1. The van der Waals surface area contributed by atoms with Crippen molar-refractivity contribution < 1.29 is 13.2 Å². The molecular weight excluding hydrogens is 368 g/mol. The second kappa shape index (κ2) is 9.66. The third-order valence-electron chi connectivity index (χ3n) is 3.79. The van der Waals surface area contributed by atoms with Crippen LogP contribution in [0.4, 0.5) is 0 Å². The predicted octanol–water partition coefficient (Wildman–Crippen LogP) is 3.22. The molecule has 140 valence electrons. The van der Waals surface area contributed by atoms with Crippen LogP contribution in [-0.2, 0) is 14.8 Å². The van der Waals surface area contributed by atoms with Crippen molar-refractivity contribution in [2.75, 3.05) is 25.9 Å². The second-order valence-corrected chi connectivity index (χ2v) is 8.90. The Balaban J connectivity index is 1.78. The molecule has 1 N–H and O–H groups in total. The first kappa shape index (κ1) is 20.4. The van der Waals surface area contributed by atoms with Gasteiger partial charge in [-0.2, -0.15) is 0 Å². The van der Waals surface area contributed by atoms with Crippen LogP contribution in [0.2, 0.25) is 0 Å². The SMILES string of the molecule is CCN(CCCNC(=O)/C=C/c1ccc(-c2ccccc2)s1)S(C)(=O)=O. The number of nitrogens with zero attached hydrogens (tertiary/aromatic N) is 1. The van der Waals surface area contributed by atoms with Gasteiger partial charge in [-0.1, -0.05) is 37.3 Å². The van der Waals surface area contributed by atoms with Crippen LogP contribution < -0.4 is 5.32 Å². The summed E-state index contributed by atoms with van der Waals surface area (Å²) in [6.07, 6.45) is 5.08. The van der Waals surface area contributed by atoms with Crippen molar-refractivity contribution in [1.29, 1.82) is 0 Å². The number of benzene rings is 1. The normalized spacial score (nSPS) is 12.0. The van der Waals surface area contributed by atoms with Crippen molar-refractivity contribution in [1.82, 2.24) is 9.62 Å². The van der Waals surface area contributed by atoms with Gasteiger partial charge in [0.15, 0.2) is 0 Å². The van der Waals surface area contributed by atoms with E-state index in [1.165, 1.54) is 16.6 Å². The molecule has 0 spiro atoms. The zero-order valence-corrected chi connectivity index (χ0v) is 16.6. The van der Waals surface area contributed by atoms with E-state index < -0.39 is 10.0 Å². The van der Waals surface area contributed by atoms with Crippen molar-refractivity contribution in [2.45, 2.75) is 13.3 Å². The lowest BCUT2D eigenvalue weighted by molar-refractivity contribution is -0.116. The van der Waals surface area contributed by atoms with E-state index in [0.29, 0.717) is 26.1 Å². The molecule has 0 aliphatic rings. The Hall–Kier alpha value is -1.96. The monoisotopic (exact) mass is 392 g/mol. The molecule has 1 heterocycles. The molecule has 1 aromatic carbocycles. The highest BCUT2D eigenvalue weighted by atomic mass is 32.2. The number of amides is 1. The molecule has 0 radical (unpaired) electrons. The van der Waals surface area contributed by atoms with Gasteiger partial charge in [-0.15, -0.1) is 11.3 Å². The van der Waals surface area contributed by atoms with Crippen molar-refractivity contribution in [3.63, 3.8) is 0 Å². The van der Waals surface area contributed by atoms with Crippen molar-refractivity contribution in [3.8, 4) is 10.4 Å². The summed E-state index contributed by atoms with van der Waals surface area (Å²) in [6.45, 7) is 3.08. The molecule has 5 nitrogen and oxygen atoms in total. The van der Waals surface area contributed by atoms with Gasteiger partial charge >= 0.3 is 0 Å². The molecule has 0 bridgehead atoms. The molecule has 0 saturated carbocycles.